The zero-order valence-corrected chi connectivity index (χ0v) is 18.0. The predicted octanol–water partition coefficient (Wildman–Crippen LogP) is 4.18. The number of benzene rings is 1. The minimum absolute atomic E-state index is 0.117. The standard InChI is InChI=1S/C25H33N3O2/c1-20(19-21-9-5-6-14-26-21)27-17-12-22(13-18-27)30-24-11-4-3-10-23(24)25(29)28-15-7-2-8-16-28/h3-6,9-11,14,20,22H,2,7-8,12-13,15-19H2,1H3/t20-/m1/s1. The van der Waals surface area contributed by atoms with Crippen LogP contribution in [0.3, 0.4) is 0 Å². The number of ether oxygens (including phenoxy) is 1. The minimum Gasteiger partial charge on any atom is -0.489 e. The van der Waals surface area contributed by atoms with Gasteiger partial charge in [0, 0.05) is 50.5 Å². The maximum Gasteiger partial charge on any atom is 0.257 e. The van der Waals surface area contributed by atoms with Crippen molar-refractivity contribution in [2.24, 2.45) is 0 Å². The van der Waals surface area contributed by atoms with E-state index in [1.807, 2.05) is 41.4 Å². The van der Waals surface area contributed by atoms with Crippen molar-refractivity contribution < 1.29 is 9.53 Å². The zero-order valence-electron chi connectivity index (χ0n) is 18.0. The van der Waals surface area contributed by atoms with Crippen LogP contribution in [0.2, 0.25) is 0 Å². The molecule has 0 spiro atoms. The Morgan fingerprint density at radius 2 is 1.77 bits per heavy atom. The number of pyridine rings is 1. The molecule has 0 saturated carbocycles. The van der Waals surface area contributed by atoms with Crippen molar-refractivity contribution in [1.29, 1.82) is 0 Å². The van der Waals surface area contributed by atoms with E-state index in [0.29, 0.717) is 11.6 Å². The van der Waals surface area contributed by atoms with E-state index in [1.165, 1.54) is 6.42 Å². The normalized spacial score (nSPS) is 19.4. The summed E-state index contributed by atoms with van der Waals surface area (Å²) in [5.41, 5.74) is 1.86. The van der Waals surface area contributed by atoms with Crippen molar-refractivity contribution in [1.82, 2.24) is 14.8 Å². The maximum atomic E-state index is 13.0. The fourth-order valence-corrected chi connectivity index (χ4v) is 4.58. The second-order valence-corrected chi connectivity index (χ2v) is 8.58. The summed E-state index contributed by atoms with van der Waals surface area (Å²) < 4.78 is 6.36. The van der Waals surface area contributed by atoms with Gasteiger partial charge in [0.05, 0.1) is 5.56 Å². The van der Waals surface area contributed by atoms with E-state index in [-0.39, 0.29) is 12.0 Å². The highest BCUT2D eigenvalue weighted by atomic mass is 16.5. The molecule has 1 aromatic heterocycles. The molecule has 1 amide bonds. The molecule has 0 radical (unpaired) electrons. The molecule has 160 valence electrons. The Bertz CT molecular complexity index is 812. The Hall–Kier alpha value is -2.40. The van der Waals surface area contributed by atoms with Crippen molar-refractivity contribution in [2.45, 2.75) is 57.6 Å². The Kier molecular flexibility index (Phi) is 7.00. The first-order valence-corrected chi connectivity index (χ1v) is 11.4. The second-order valence-electron chi connectivity index (χ2n) is 8.58. The van der Waals surface area contributed by atoms with E-state index in [4.69, 9.17) is 4.74 Å². The van der Waals surface area contributed by atoms with E-state index >= 15 is 0 Å². The van der Waals surface area contributed by atoms with Crippen molar-refractivity contribution >= 4 is 5.91 Å². The second kappa shape index (κ2) is 10.1. The number of nitrogens with zero attached hydrogens (tertiary/aromatic N) is 3. The summed E-state index contributed by atoms with van der Waals surface area (Å²) in [5.74, 6) is 0.861. The van der Waals surface area contributed by atoms with Crippen molar-refractivity contribution in [3.05, 3.63) is 59.9 Å². The molecule has 0 unspecified atom stereocenters. The van der Waals surface area contributed by atoms with Gasteiger partial charge in [-0.15, -0.1) is 0 Å². The number of hydrogen-bond acceptors (Lipinski definition) is 4. The SMILES string of the molecule is C[C@H](Cc1ccccn1)N1CCC(Oc2ccccc2C(=O)N2CCCCC2)CC1. The van der Waals surface area contributed by atoms with Crippen molar-refractivity contribution in [3.63, 3.8) is 0 Å². The van der Waals surface area contributed by atoms with E-state index < -0.39 is 0 Å². The molecule has 0 aliphatic carbocycles. The average Bonchev–Trinajstić information content (AvgIpc) is 2.81. The van der Waals surface area contributed by atoms with Crippen LogP contribution in [0.15, 0.2) is 48.7 Å². The van der Waals surface area contributed by atoms with E-state index in [2.05, 4.69) is 28.9 Å². The number of likely N-dealkylation sites (tertiary alicyclic amines) is 2. The highest BCUT2D eigenvalue weighted by Crippen LogP contribution is 2.26. The highest BCUT2D eigenvalue weighted by Gasteiger charge is 2.26. The molecule has 4 rings (SSSR count). The summed E-state index contributed by atoms with van der Waals surface area (Å²) in [6, 6.07) is 14.3. The molecule has 2 aliphatic heterocycles. The monoisotopic (exact) mass is 407 g/mol. The lowest BCUT2D eigenvalue weighted by Crippen LogP contribution is -2.44. The van der Waals surface area contributed by atoms with Crippen molar-refractivity contribution in [3.8, 4) is 5.75 Å². The van der Waals surface area contributed by atoms with Crippen molar-refractivity contribution in [2.75, 3.05) is 26.2 Å². The maximum absolute atomic E-state index is 13.0. The quantitative estimate of drug-likeness (QED) is 0.721. The van der Waals surface area contributed by atoms with Crippen LogP contribution in [-0.2, 0) is 6.42 Å². The molecule has 30 heavy (non-hydrogen) atoms. The van der Waals surface area contributed by atoms with Gasteiger partial charge in [-0.1, -0.05) is 18.2 Å². The number of aromatic nitrogens is 1. The number of hydrogen-bond donors (Lipinski definition) is 0. The third kappa shape index (κ3) is 5.20. The van der Waals surface area contributed by atoms with E-state index in [0.717, 1.165) is 69.7 Å². The Morgan fingerprint density at radius 3 is 2.50 bits per heavy atom. The predicted molar refractivity (Wildman–Crippen MR) is 119 cm³/mol. The molecule has 2 aromatic rings. The summed E-state index contributed by atoms with van der Waals surface area (Å²) in [7, 11) is 0. The van der Waals surface area contributed by atoms with Crippen LogP contribution in [0.4, 0.5) is 0 Å². The third-order valence-electron chi connectivity index (χ3n) is 6.38. The van der Waals surface area contributed by atoms with Gasteiger partial charge in [-0.3, -0.25) is 14.7 Å². The molecule has 5 nitrogen and oxygen atoms in total. The molecule has 1 aromatic carbocycles. The largest absolute Gasteiger partial charge is 0.489 e. The van der Waals surface area contributed by atoms with E-state index in [1.54, 1.807) is 0 Å². The lowest BCUT2D eigenvalue weighted by molar-refractivity contribution is 0.0683. The van der Waals surface area contributed by atoms with Crippen LogP contribution in [0.1, 0.15) is 55.1 Å². The summed E-state index contributed by atoms with van der Waals surface area (Å²) >= 11 is 0. The number of amides is 1. The Balaban J connectivity index is 1.32. The molecular weight excluding hydrogens is 374 g/mol. The topological polar surface area (TPSA) is 45.7 Å². The summed E-state index contributed by atoms with van der Waals surface area (Å²) in [5, 5.41) is 0. The van der Waals surface area contributed by atoms with Crippen LogP contribution < -0.4 is 4.74 Å². The highest BCUT2D eigenvalue weighted by molar-refractivity contribution is 5.97. The van der Waals surface area contributed by atoms with Crippen LogP contribution in [-0.4, -0.2) is 59.0 Å². The Morgan fingerprint density at radius 1 is 1.03 bits per heavy atom. The van der Waals surface area contributed by atoms with Gasteiger partial charge in [-0.2, -0.15) is 0 Å². The summed E-state index contributed by atoms with van der Waals surface area (Å²) in [6.07, 6.45) is 8.40. The van der Waals surface area contributed by atoms with Crippen LogP contribution >= 0.6 is 0 Å². The molecule has 5 heteroatoms. The number of piperidine rings is 2. The lowest BCUT2D eigenvalue weighted by atomic mass is 10.0. The molecular formula is C25H33N3O2. The smallest absolute Gasteiger partial charge is 0.257 e. The van der Waals surface area contributed by atoms with Gasteiger partial charge >= 0.3 is 0 Å². The number of carbonyl (C=O) groups excluding carboxylic acids is 1. The molecule has 1 atom stereocenters. The fourth-order valence-electron chi connectivity index (χ4n) is 4.58. The zero-order chi connectivity index (χ0) is 20.8. The third-order valence-corrected chi connectivity index (χ3v) is 6.38. The number of para-hydroxylation sites is 1. The first kappa shape index (κ1) is 20.9. The molecule has 3 heterocycles. The average molecular weight is 408 g/mol. The first-order chi connectivity index (χ1) is 14.7. The summed E-state index contributed by atoms with van der Waals surface area (Å²) in [4.78, 5) is 22.0. The lowest BCUT2D eigenvalue weighted by Gasteiger charge is -2.36. The molecule has 0 bridgehead atoms. The minimum atomic E-state index is 0.117. The van der Waals surface area contributed by atoms with Gasteiger partial charge in [0.25, 0.3) is 5.91 Å². The number of carbonyl (C=O) groups is 1. The summed E-state index contributed by atoms with van der Waals surface area (Å²) in [6.45, 7) is 6.03. The molecule has 2 aliphatic rings. The molecule has 2 saturated heterocycles. The van der Waals surface area contributed by atoms with Gasteiger partial charge in [0.1, 0.15) is 11.9 Å². The van der Waals surface area contributed by atoms with Gasteiger partial charge in [-0.25, -0.2) is 0 Å². The first-order valence-electron chi connectivity index (χ1n) is 11.4. The molecule has 2 fully saturated rings. The van der Waals surface area contributed by atoms with Gasteiger partial charge in [0.15, 0.2) is 0 Å². The van der Waals surface area contributed by atoms with Gasteiger partial charge in [0.2, 0.25) is 0 Å². The molecule has 0 N–H and O–H groups in total. The van der Waals surface area contributed by atoms with Crippen LogP contribution in [0.5, 0.6) is 5.75 Å². The van der Waals surface area contributed by atoms with Gasteiger partial charge < -0.3 is 9.64 Å². The van der Waals surface area contributed by atoms with Gasteiger partial charge in [-0.05, 0) is 63.3 Å². The Labute approximate surface area is 180 Å². The fraction of sp³-hybridized carbons (Fsp3) is 0.520. The van der Waals surface area contributed by atoms with Crippen LogP contribution in [0, 0.1) is 0 Å². The van der Waals surface area contributed by atoms with E-state index in [9.17, 15) is 4.79 Å². The van der Waals surface area contributed by atoms with Crippen LogP contribution in [0.25, 0.3) is 0 Å². The number of rotatable bonds is 6.